The minimum Gasteiger partial charge on any atom is -0.385 e. The number of anilines is 1. The molecule has 2 atom stereocenters. The Morgan fingerprint density at radius 1 is 1.21 bits per heavy atom. The van der Waals surface area contributed by atoms with E-state index < -0.39 is 0 Å². The molecule has 1 heterocycles. The van der Waals surface area contributed by atoms with Gasteiger partial charge in [0.2, 0.25) is 5.91 Å². The van der Waals surface area contributed by atoms with E-state index in [-0.39, 0.29) is 22.7 Å². The third-order valence-electron chi connectivity index (χ3n) is 6.47. The minimum absolute atomic E-state index is 0.00608. The van der Waals surface area contributed by atoms with Gasteiger partial charge in [0.1, 0.15) is 0 Å². The van der Waals surface area contributed by atoms with Crippen LogP contribution in [-0.4, -0.2) is 18.7 Å². The van der Waals surface area contributed by atoms with Crippen molar-refractivity contribution in [3.63, 3.8) is 0 Å². The normalized spacial score (nSPS) is 23.4. The molecule has 2 aromatic carbocycles. The lowest BCUT2D eigenvalue weighted by molar-refractivity contribution is -0.122. The molecule has 1 saturated carbocycles. The molecule has 0 radical (unpaired) electrons. The fraction of sp³-hybridized carbons (Fsp3) is 0.440. The summed E-state index contributed by atoms with van der Waals surface area (Å²) in [6.07, 6.45) is 4.82. The van der Waals surface area contributed by atoms with Crippen molar-refractivity contribution in [1.82, 2.24) is 5.43 Å². The van der Waals surface area contributed by atoms with Crippen LogP contribution in [0.4, 0.5) is 5.69 Å². The average Bonchev–Trinajstić information content (AvgIpc) is 3.41. The van der Waals surface area contributed by atoms with Gasteiger partial charge in [0.25, 0.3) is 0 Å². The number of carbonyl (C=O) groups excluding carboxylic acids is 1. The molecule has 2 aromatic rings. The Bertz CT molecular complexity index is 940. The van der Waals surface area contributed by atoms with E-state index in [1.54, 1.807) is 6.21 Å². The first-order chi connectivity index (χ1) is 13.8. The van der Waals surface area contributed by atoms with E-state index in [1.807, 2.05) is 6.07 Å². The van der Waals surface area contributed by atoms with Crippen LogP contribution in [0.1, 0.15) is 62.8 Å². The second-order valence-electron chi connectivity index (χ2n) is 9.64. The van der Waals surface area contributed by atoms with E-state index in [4.69, 9.17) is 0 Å². The zero-order chi connectivity index (χ0) is 20.6. The minimum atomic E-state index is -0.0914. The van der Waals surface area contributed by atoms with Crippen molar-refractivity contribution in [3.8, 4) is 0 Å². The zero-order valence-electron chi connectivity index (χ0n) is 17.9. The van der Waals surface area contributed by atoms with Crippen LogP contribution in [0.2, 0.25) is 0 Å². The molecule has 0 aromatic heterocycles. The van der Waals surface area contributed by atoms with Crippen molar-refractivity contribution < 1.29 is 4.79 Å². The van der Waals surface area contributed by atoms with Gasteiger partial charge in [-0.1, -0.05) is 64.1 Å². The maximum Gasteiger partial charge on any atom is 0.244 e. The van der Waals surface area contributed by atoms with E-state index in [1.165, 1.54) is 22.4 Å². The number of carbonyl (C=O) groups is 1. The van der Waals surface area contributed by atoms with Crippen LogP contribution < -0.4 is 10.7 Å². The maximum absolute atomic E-state index is 12.7. The van der Waals surface area contributed by atoms with E-state index in [0.29, 0.717) is 0 Å². The highest BCUT2D eigenvalue weighted by molar-refractivity contribution is 5.88. The summed E-state index contributed by atoms with van der Waals surface area (Å²) in [6.45, 7) is 9.84. The molecule has 152 valence electrons. The molecule has 4 nitrogen and oxygen atoms in total. The summed E-state index contributed by atoms with van der Waals surface area (Å²) in [6, 6.07) is 14.9. The standard InChI is InChI=1S/C25H31N3O/c1-24(2,3)18-10-12-19(13-11-18)25(4)15-21(25)23(29)28-27-16-17-7-5-9-22-20(17)8-6-14-26-22/h5,7,9-13,16,21,26H,6,8,14-15H2,1-4H3,(H,28,29)/b27-16+. The van der Waals surface area contributed by atoms with E-state index in [0.717, 1.165) is 31.4 Å². The lowest BCUT2D eigenvalue weighted by Gasteiger charge is -2.20. The van der Waals surface area contributed by atoms with E-state index in [2.05, 4.69) is 79.9 Å². The largest absolute Gasteiger partial charge is 0.385 e. The summed E-state index contributed by atoms with van der Waals surface area (Å²) in [5.74, 6) is -0.0157. The molecule has 0 bridgehead atoms. The predicted molar refractivity (Wildman–Crippen MR) is 120 cm³/mol. The van der Waals surface area contributed by atoms with Gasteiger partial charge >= 0.3 is 0 Å². The van der Waals surface area contributed by atoms with Gasteiger partial charge in [-0.25, -0.2) is 5.43 Å². The van der Waals surface area contributed by atoms with Crippen molar-refractivity contribution >= 4 is 17.8 Å². The summed E-state index contributed by atoms with van der Waals surface area (Å²) in [4.78, 5) is 12.7. The Morgan fingerprint density at radius 2 is 1.97 bits per heavy atom. The number of hydrogen-bond donors (Lipinski definition) is 2. The fourth-order valence-electron chi connectivity index (χ4n) is 4.32. The Morgan fingerprint density at radius 3 is 2.69 bits per heavy atom. The van der Waals surface area contributed by atoms with Crippen molar-refractivity contribution in [2.75, 3.05) is 11.9 Å². The van der Waals surface area contributed by atoms with Gasteiger partial charge in [0.15, 0.2) is 0 Å². The number of nitrogens with one attached hydrogen (secondary N) is 2. The first-order valence-electron chi connectivity index (χ1n) is 10.6. The first kappa shape index (κ1) is 19.7. The molecule has 2 aliphatic rings. The van der Waals surface area contributed by atoms with Gasteiger partial charge in [0.05, 0.1) is 12.1 Å². The number of hydrogen-bond acceptors (Lipinski definition) is 3. The Kier molecular flexibility index (Phi) is 4.97. The molecule has 29 heavy (non-hydrogen) atoms. The molecule has 0 saturated heterocycles. The van der Waals surface area contributed by atoms with E-state index in [9.17, 15) is 4.79 Å². The summed E-state index contributed by atoms with van der Waals surface area (Å²) in [7, 11) is 0. The summed E-state index contributed by atoms with van der Waals surface area (Å²) in [5.41, 5.74) is 8.91. The number of hydrazone groups is 1. The topological polar surface area (TPSA) is 53.5 Å². The SMILES string of the molecule is CC(C)(C)c1ccc(C2(C)CC2C(=O)N/N=C/c2cccc3c2CCCN3)cc1. The summed E-state index contributed by atoms with van der Waals surface area (Å²) in [5, 5.41) is 7.69. The number of amides is 1. The number of benzene rings is 2. The molecule has 1 aliphatic heterocycles. The lowest BCUT2D eigenvalue weighted by Crippen LogP contribution is -2.24. The van der Waals surface area contributed by atoms with E-state index >= 15 is 0 Å². The van der Waals surface area contributed by atoms with Crippen LogP contribution in [0.5, 0.6) is 0 Å². The molecule has 0 spiro atoms. The van der Waals surface area contributed by atoms with Crippen LogP contribution in [0, 0.1) is 5.92 Å². The molecule has 4 heteroatoms. The van der Waals surface area contributed by atoms with Gasteiger partial charge in [-0.2, -0.15) is 5.10 Å². The zero-order valence-corrected chi connectivity index (χ0v) is 17.9. The average molecular weight is 390 g/mol. The predicted octanol–water partition coefficient (Wildman–Crippen LogP) is 4.77. The number of fused-ring (bicyclic) bond motifs is 1. The fourth-order valence-corrected chi connectivity index (χ4v) is 4.32. The highest BCUT2D eigenvalue weighted by Crippen LogP contribution is 2.54. The Hall–Kier alpha value is -2.62. The van der Waals surface area contributed by atoms with Gasteiger partial charge < -0.3 is 5.32 Å². The van der Waals surface area contributed by atoms with Crippen molar-refractivity contribution in [2.45, 2.75) is 57.8 Å². The maximum atomic E-state index is 12.7. The van der Waals surface area contributed by atoms with Crippen molar-refractivity contribution in [1.29, 1.82) is 0 Å². The van der Waals surface area contributed by atoms with Crippen molar-refractivity contribution in [2.24, 2.45) is 11.0 Å². The van der Waals surface area contributed by atoms with Gasteiger partial charge in [-0.3, -0.25) is 4.79 Å². The van der Waals surface area contributed by atoms with Gasteiger partial charge in [-0.05, 0) is 53.0 Å². The van der Waals surface area contributed by atoms with Crippen LogP contribution in [0.15, 0.2) is 47.6 Å². The van der Waals surface area contributed by atoms with Crippen LogP contribution in [-0.2, 0) is 22.0 Å². The summed E-state index contributed by atoms with van der Waals surface area (Å²) >= 11 is 0. The number of nitrogens with zero attached hydrogens (tertiary/aromatic N) is 1. The Labute approximate surface area is 173 Å². The van der Waals surface area contributed by atoms with Crippen LogP contribution in [0.3, 0.4) is 0 Å². The first-order valence-corrected chi connectivity index (χ1v) is 10.6. The highest BCUT2D eigenvalue weighted by Gasteiger charge is 2.55. The van der Waals surface area contributed by atoms with Gasteiger partial charge in [0, 0.05) is 17.6 Å². The quantitative estimate of drug-likeness (QED) is 0.585. The molecule has 4 rings (SSSR count). The molecule has 1 amide bonds. The molecule has 1 fully saturated rings. The molecule has 2 N–H and O–H groups in total. The third-order valence-corrected chi connectivity index (χ3v) is 6.47. The smallest absolute Gasteiger partial charge is 0.244 e. The lowest BCUT2D eigenvalue weighted by atomic mass is 9.85. The molecule has 1 aliphatic carbocycles. The highest BCUT2D eigenvalue weighted by atomic mass is 16.2. The van der Waals surface area contributed by atoms with Crippen LogP contribution >= 0.6 is 0 Å². The molecular weight excluding hydrogens is 358 g/mol. The van der Waals surface area contributed by atoms with Crippen LogP contribution in [0.25, 0.3) is 0 Å². The Balaban J connectivity index is 1.40. The monoisotopic (exact) mass is 389 g/mol. The van der Waals surface area contributed by atoms with Gasteiger partial charge in [-0.15, -0.1) is 0 Å². The number of rotatable bonds is 4. The molecular formula is C25H31N3O. The third kappa shape index (κ3) is 3.93. The summed E-state index contributed by atoms with van der Waals surface area (Å²) < 4.78 is 0. The molecule has 2 unspecified atom stereocenters. The second-order valence-corrected chi connectivity index (χ2v) is 9.64. The van der Waals surface area contributed by atoms with Crippen molar-refractivity contribution in [3.05, 3.63) is 64.7 Å². The second kappa shape index (κ2) is 7.33.